The molecule has 1 aromatic rings. The Labute approximate surface area is 101 Å². The molecule has 1 saturated heterocycles. The van der Waals surface area contributed by atoms with Gasteiger partial charge in [0.2, 0.25) is 0 Å². The molecule has 3 nitrogen and oxygen atoms in total. The number of carbonyl (C=O) groups is 1. The Morgan fingerprint density at radius 3 is 2.59 bits per heavy atom. The lowest BCUT2D eigenvalue weighted by Crippen LogP contribution is -2.45. The third-order valence-electron chi connectivity index (χ3n) is 2.62. The second-order valence-corrected chi connectivity index (χ2v) is 4.86. The Morgan fingerprint density at radius 1 is 1.35 bits per heavy atom. The maximum absolute atomic E-state index is 13.5. The zero-order chi connectivity index (χ0) is 12.4. The van der Waals surface area contributed by atoms with Crippen LogP contribution in [0, 0.1) is 11.6 Å². The van der Waals surface area contributed by atoms with Crippen molar-refractivity contribution in [2.75, 3.05) is 11.5 Å². The highest BCUT2D eigenvalue weighted by atomic mass is 32.2. The van der Waals surface area contributed by atoms with E-state index >= 15 is 0 Å². The van der Waals surface area contributed by atoms with Gasteiger partial charge in [-0.15, -0.1) is 0 Å². The van der Waals surface area contributed by atoms with Gasteiger partial charge < -0.3 is 5.11 Å². The number of thioether (sulfide) groups is 1. The Balaban J connectivity index is 2.25. The first-order valence-corrected chi connectivity index (χ1v) is 6.25. The zero-order valence-corrected chi connectivity index (χ0v) is 9.64. The molecule has 2 N–H and O–H groups in total. The van der Waals surface area contributed by atoms with Gasteiger partial charge in [0.15, 0.2) is 0 Å². The molecular formula is C11H11F2NO2S. The van der Waals surface area contributed by atoms with Crippen LogP contribution in [0.5, 0.6) is 0 Å². The van der Waals surface area contributed by atoms with Crippen molar-refractivity contribution in [2.45, 2.75) is 12.1 Å². The van der Waals surface area contributed by atoms with Gasteiger partial charge in [-0.2, -0.15) is 11.8 Å². The van der Waals surface area contributed by atoms with Gasteiger partial charge in [0.25, 0.3) is 0 Å². The van der Waals surface area contributed by atoms with Crippen LogP contribution in [-0.2, 0) is 4.79 Å². The van der Waals surface area contributed by atoms with Crippen LogP contribution in [0.2, 0.25) is 0 Å². The van der Waals surface area contributed by atoms with Crippen molar-refractivity contribution >= 4 is 17.7 Å². The van der Waals surface area contributed by atoms with Crippen molar-refractivity contribution in [2.24, 2.45) is 0 Å². The lowest BCUT2D eigenvalue weighted by Gasteiger charge is -2.28. The molecular weight excluding hydrogens is 248 g/mol. The van der Waals surface area contributed by atoms with Crippen LogP contribution in [-0.4, -0.2) is 28.6 Å². The van der Waals surface area contributed by atoms with E-state index in [2.05, 4.69) is 5.32 Å². The summed E-state index contributed by atoms with van der Waals surface area (Å²) in [6, 6.07) is 2.28. The van der Waals surface area contributed by atoms with Crippen molar-refractivity contribution in [1.29, 1.82) is 0 Å². The standard InChI is InChI=1S/C11H11F2NO2S/c12-6-2-1-3-7(13)10(6)8-4-17-5-9(14-8)11(15)16/h1-3,8-9,14H,4-5H2,(H,15,16). The van der Waals surface area contributed by atoms with E-state index in [1.54, 1.807) is 0 Å². The molecule has 1 aliphatic rings. The van der Waals surface area contributed by atoms with E-state index in [1.165, 1.54) is 30.0 Å². The molecule has 0 saturated carbocycles. The van der Waals surface area contributed by atoms with Gasteiger partial charge in [0.05, 0.1) is 0 Å². The van der Waals surface area contributed by atoms with Crippen molar-refractivity contribution in [3.8, 4) is 0 Å². The molecule has 2 atom stereocenters. The van der Waals surface area contributed by atoms with Gasteiger partial charge in [-0.25, -0.2) is 8.78 Å². The Hall–Kier alpha value is -1.14. The van der Waals surface area contributed by atoms with Gasteiger partial charge in [0, 0.05) is 23.1 Å². The van der Waals surface area contributed by atoms with E-state index in [4.69, 9.17) is 5.11 Å². The molecule has 0 radical (unpaired) electrons. The number of carboxylic acids is 1. The maximum atomic E-state index is 13.5. The minimum absolute atomic E-state index is 0.0778. The average molecular weight is 259 g/mol. The lowest BCUT2D eigenvalue weighted by molar-refractivity contribution is -0.139. The Morgan fingerprint density at radius 2 is 2.00 bits per heavy atom. The van der Waals surface area contributed by atoms with E-state index in [-0.39, 0.29) is 5.56 Å². The van der Waals surface area contributed by atoms with Crippen LogP contribution < -0.4 is 5.32 Å². The highest BCUT2D eigenvalue weighted by molar-refractivity contribution is 7.99. The van der Waals surface area contributed by atoms with Crippen molar-refractivity contribution in [3.63, 3.8) is 0 Å². The Kier molecular flexibility index (Phi) is 3.63. The van der Waals surface area contributed by atoms with Crippen molar-refractivity contribution < 1.29 is 18.7 Å². The van der Waals surface area contributed by atoms with Gasteiger partial charge in [-0.05, 0) is 12.1 Å². The monoisotopic (exact) mass is 259 g/mol. The SMILES string of the molecule is O=C(O)C1CSCC(c2c(F)cccc2F)N1. The molecule has 0 bridgehead atoms. The molecule has 6 heteroatoms. The maximum Gasteiger partial charge on any atom is 0.321 e. The normalized spacial score (nSPS) is 24.6. The van der Waals surface area contributed by atoms with Gasteiger partial charge in [0.1, 0.15) is 17.7 Å². The summed E-state index contributed by atoms with van der Waals surface area (Å²) in [7, 11) is 0. The summed E-state index contributed by atoms with van der Waals surface area (Å²) in [5.74, 6) is -1.42. The van der Waals surface area contributed by atoms with Crippen LogP contribution in [0.15, 0.2) is 18.2 Å². The summed E-state index contributed by atoms with van der Waals surface area (Å²) in [5, 5.41) is 11.6. The zero-order valence-electron chi connectivity index (χ0n) is 8.82. The molecule has 1 aromatic carbocycles. The summed E-state index contributed by atoms with van der Waals surface area (Å²) in [5.41, 5.74) is -0.0778. The van der Waals surface area contributed by atoms with Crippen LogP contribution in [0.1, 0.15) is 11.6 Å². The molecule has 2 rings (SSSR count). The van der Waals surface area contributed by atoms with E-state index in [1.807, 2.05) is 0 Å². The van der Waals surface area contributed by atoms with E-state index in [9.17, 15) is 13.6 Å². The number of benzene rings is 1. The average Bonchev–Trinajstić information content (AvgIpc) is 2.29. The molecule has 0 spiro atoms. The van der Waals surface area contributed by atoms with Crippen molar-refractivity contribution in [1.82, 2.24) is 5.32 Å². The number of rotatable bonds is 2. The largest absolute Gasteiger partial charge is 0.480 e. The Bertz CT molecular complexity index is 421. The molecule has 17 heavy (non-hydrogen) atoms. The number of hydrogen-bond donors (Lipinski definition) is 2. The predicted molar refractivity (Wildman–Crippen MR) is 61.0 cm³/mol. The fourth-order valence-electron chi connectivity index (χ4n) is 1.80. The summed E-state index contributed by atoms with van der Waals surface area (Å²) in [6.45, 7) is 0. The number of carboxylic acid groups (broad SMARTS) is 1. The summed E-state index contributed by atoms with van der Waals surface area (Å²) in [4.78, 5) is 10.8. The lowest BCUT2D eigenvalue weighted by atomic mass is 10.1. The first-order valence-electron chi connectivity index (χ1n) is 5.10. The first kappa shape index (κ1) is 12.3. The van der Waals surface area contributed by atoms with E-state index in [0.29, 0.717) is 11.5 Å². The molecule has 1 heterocycles. The fourth-order valence-corrected chi connectivity index (χ4v) is 2.90. The quantitative estimate of drug-likeness (QED) is 0.850. The van der Waals surface area contributed by atoms with E-state index < -0.39 is 29.7 Å². The van der Waals surface area contributed by atoms with Gasteiger partial charge in [-0.1, -0.05) is 6.07 Å². The minimum atomic E-state index is -1.00. The van der Waals surface area contributed by atoms with Gasteiger partial charge >= 0.3 is 5.97 Å². The smallest absolute Gasteiger partial charge is 0.321 e. The first-order chi connectivity index (χ1) is 8.09. The van der Waals surface area contributed by atoms with Crippen LogP contribution in [0.25, 0.3) is 0 Å². The third kappa shape index (κ3) is 2.58. The van der Waals surface area contributed by atoms with Crippen LogP contribution in [0.3, 0.4) is 0 Å². The molecule has 0 aromatic heterocycles. The van der Waals surface area contributed by atoms with E-state index in [0.717, 1.165) is 0 Å². The van der Waals surface area contributed by atoms with Gasteiger partial charge in [-0.3, -0.25) is 10.1 Å². The molecule has 2 unspecified atom stereocenters. The predicted octanol–water partition coefficient (Wildman–Crippen LogP) is 1.80. The third-order valence-corrected chi connectivity index (χ3v) is 3.76. The second kappa shape index (κ2) is 5.01. The summed E-state index contributed by atoms with van der Waals surface area (Å²) < 4.78 is 27.1. The summed E-state index contributed by atoms with van der Waals surface area (Å²) in [6.07, 6.45) is 0. The highest BCUT2D eigenvalue weighted by Crippen LogP contribution is 2.28. The van der Waals surface area contributed by atoms with Crippen molar-refractivity contribution in [3.05, 3.63) is 35.4 Å². The van der Waals surface area contributed by atoms with Crippen LogP contribution in [0.4, 0.5) is 8.78 Å². The second-order valence-electron chi connectivity index (χ2n) is 3.78. The topological polar surface area (TPSA) is 49.3 Å². The molecule has 0 amide bonds. The number of aliphatic carboxylic acids is 1. The number of hydrogen-bond acceptors (Lipinski definition) is 3. The fraction of sp³-hybridized carbons (Fsp3) is 0.364. The highest BCUT2D eigenvalue weighted by Gasteiger charge is 2.30. The van der Waals surface area contributed by atoms with Crippen LogP contribution >= 0.6 is 11.8 Å². The minimum Gasteiger partial charge on any atom is -0.480 e. The molecule has 92 valence electrons. The molecule has 0 aliphatic carbocycles. The number of nitrogens with one attached hydrogen (secondary N) is 1. The molecule has 1 fully saturated rings. The number of halogens is 2. The molecule has 1 aliphatic heterocycles. The summed E-state index contributed by atoms with van der Waals surface area (Å²) >= 11 is 1.38.